The molecule has 1 aliphatic carbocycles. The second-order valence-corrected chi connectivity index (χ2v) is 7.53. The second-order valence-electron chi connectivity index (χ2n) is 7.53. The molecular weight excluding hydrogens is 218 g/mol. The van der Waals surface area contributed by atoms with Gasteiger partial charge in [-0.25, -0.2) is 0 Å². The highest BCUT2D eigenvalue weighted by molar-refractivity contribution is 5.58. The third-order valence-corrected chi connectivity index (χ3v) is 5.28. The predicted octanol–water partition coefficient (Wildman–Crippen LogP) is 4.58. The van der Waals surface area contributed by atoms with Gasteiger partial charge in [0.1, 0.15) is 0 Å². The monoisotopic (exact) mass is 243 g/mol. The van der Waals surface area contributed by atoms with E-state index in [4.69, 9.17) is 0 Å². The van der Waals surface area contributed by atoms with E-state index in [0.29, 0.717) is 16.9 Å². The van der Waals surface area contributed by atoms with Crippen LogP contribution in [0.1, 0.15) is 52.5 Å². The third kappa shape index (κ3) is 1.75. The highest BCUT2D eigenvalue weighted by Gasteiger charge is 2.46. The van der Waals surface area contributed by atoms with E-state index >= 15 is 0 Å². The number of para-hydroxylation sites is 1. The number of hydrogen-bond donors (Lipinski definition) is 1. The van der Waals surface area contributed by atoms with Crippen molar-refractivity contribution in [2.45, 2.75) is 58.4 Å². The Morgan fingerprint density at radius 3 is 2.61 bits per heavy atom. The standard InChI is InChI=1S/C17H25N/c1-16(2)10-9-13-15(11-16)18-14-8-6-5-7-12(14)17(13,3)4/h5-8,13,15,18H,9-11H2,1-4H3. The molecule has 1 nitrogen and oxygen atoms in total. The first-order valence-electron chi connectivity index (χ1n) is 7.26. The van der Waals surface area contributed by atoms with Crippen molar-refractivity contribution >= 4 is 5.69 Å². The van der Waals surface area contributed by atoms with Crippen LogP contribution in [0.3, 0.4) is 0 Å². The quantitative estimate of drug-likeness (QED) is 0.703. The molecule has 1 heterocycles. The molecule has 2 aliphatic rings. The summed E-state index contributed by atoms with van der Waals surface area (Å²) in [7, 11) is 0. The lowest BCUT2D eigenvalue weighted by molar-refractivity contribution is 0.120. The topological polar surface area (TPSA) is 12.0 Å². The molecule has 2 unspecified atom stereocenters. The van der Waals surface area contributed by atoms with Gasteiger partial charge in [0.15, 0.2) is 0 Å². The minimum absolute atomic E-state index is 0.309. The van der Waals surface area contributed by atoms with Gasteiger partial charge in [0, 0.05) is 11.7 Å². The van der Waals surface area contributed by atoms with Gasteiger partial charge in [0.25, 0.3) is 0 Å². The van der Waals surface area contributed by atoms with Gasteiger partial charge in [0.2, 0.25) is 0 Å². The molecule has 0 aromatic heterocycles. The maximum absolute atomic E-state index is 3.81. The van der Waals surface area contributed by atoms with Gasteiger partial charge >= 0.3 is 0 Å². The van der Waals surface area contributed by atoms with E-state index in [1.54, 1.807) is 0 Å². The summed E-state index contributed by atoms with van der Waals surface area (Å²) in [5, 5.41) is 3.81. The SMILES string of the molecule is CC1(C)CCC2C(C1)Nc1ccccc1C2(C)C. The molecule has 1 aliphatic heterocycles. The Hall–Kier alpha value is -0.980. The van der Waals surface area contributed by atoms with E-state index in [9.17, 15) is 0 Å². The van der Waals surface area contributed by atoms with Gasteiger partial charge in [-0.05, 0) is 47.6 Å². The van der Waals surface area contributed by atoms with E-state index in [0.717, 1.165) is 5.92 Å². The molecule has 1 aromatic rings. The maximum atomic E-state index is 3.81. The van der Waals surface area contributed by atoms with Gasteiger partial charge in [-0.3, -0.25) is 0 Å². The minimum Gasteiger partial charge on any atom is -0.382 e. The zero-order chi connectivity index (χ0) is 13.0. The van der Waals surface area contributed by atoms with Gasteiger partial charge < -0.3 is 5.32 Å². The number of anilines is 1. The summed E-state index contributed by atoms with van der Waals surface area (Å²) in [6, 6.07) is 9.53. The molecule has 3 rings (SSSR count). The lowest BCUT2D eigenvalue weighted by Gasteiger charge is -2.52. The average molecular weight is 243 g/mol. The zero-order valence-corrected chi connectivity index (χ0v) is 12.1. The van der Waals surface area contributed by atoms with Crippen LogP contribution in [0.4, 0.5) is 5.69 Å². The summed E-state index contributed by atoms with van der Waals surface area (Å²) in [4.78, 5) is 0. The molecular formula is C17H25N. The number of fused-ring (bicyclic) bond motifs is 2. The summed E-state index contributed by atoms with van der Waals surface area (Å²) in [6.07, 6.45) is 4.02. The van der Waals surface area contributed by atoms with Crippen molar-refractivity contribution in [1.82, 2.24) is 0 Å². The van der Waals surface area contributed by atoms with E-state index in [1.165, 1.54) is 30.5 Å². The van der Waals surface area contributed by atoms with Crippen LogP contribution in [0.5, 0.6) is 0 Å². The highest BCUT2D eigenvalue weighted by Crippen LogP contribution is 2.51. The van der Waals surface area contributed by atoms with Crippen LogP contribution in [-0.4, -0.2) is 6.04 Å². The molecule has 0 amide bonds. The molecule has 18 heavy (non-hydrogen) atoms. The van der Waals surface area contributed by atoms with E-state index in [2.05, 4.69) is 57.3 Å². The van der Waals surface area contributed by atoms with E-state index in [1.807, 2.05) is 0 Å². The summed E-state index contributed by atoms with van der Waals surface area (Å²) < 4.78 is 0. The Morgan fingerprint density at radius 1 is 1.11 bits per heavy atom. The Balaban J connectivity index is 2.01. The predicted molar refractivity (Wildman–Crippen MR) is 78.0 cm³/mol. The highest BCUT2D eigenvalue weighted by atomic mass is 15.0. The van der Waals surface area contributed by atoms with E-state index < -0.39 is 0 Å². The van der Waals surface area contributed by atoms with Gasteiger partial charge in [0.05, 0.1) is 0 Å². The maximum Gasteiger partial charge on any atom is 0.0380 e. The van der Waals surface area contributed by atoms with Crippen LogP contribution in [0.25, 0.3) is 0 Å². The van der Waals surface area contributed by atoms with Gasteiger partial charge in [-0.2, -0.15) is 0 Å². The number of hydrogen-bond acceptors (Lipinski definition) is 1. The lowest BCUT2D eigenvalue weighted by Crippen LogP contribution is -2.50. The first kappa shape index (κ1) is 12.1. The molecule has 1 aromatic carbocycles. The summed E-state index contributed by atoms with van der Waals surface area (Å²) in [5.74, 6) is 0.778. The van der Waals surface area contributed by atoms with Crippen LogP contribution in [0.15, 0.2) is 24.3 Å². The molecule has 2 atom stereocenters. The lowest BCUT2D eigenvalue weighted by atomic mass is 9.58. The van der Waals surface area contributed by atoms with Crippen molar-refractivity contribution in [2.24, 2.45) is 11.3 Å². The van der Waals surface area contributed by atoms with Crippen LogP contribution >= 0.6 is 0 Å². The Labute approximate surface area is 111 Å². The Bertz CT molecular complexity index is 458. The van der Waals surface area contributed by atoms with Crippen molar-refractivity contribution in [3.63, 3.8) is 0 Å². The smallest absolute Gasteiger partial charge is 0.0380 e. The van der Waals surface area contributed by atoms with Gasteiger partial charge in [-0.15, -0.1) is 0 Å². The summed E-state index contributed by atoms with van der Waals surface area (Å²) in [6.45, 7) is 9.70. The molecule has 1 N–H and O–H groups in total. The Morgan fingerprint density at radius 2 is 1.83 bits per heavy atom. The second kappa shape index (κ2) is 3.76. The fourth-order valence-electron chi connectivity index (χ4n) is 4.17. The first-order chi connectivity index (χ1) is 8.40. The molecule has 1 fully saturated rings. The molecule has 0 radical (unpaired) electrons. The molecule has 98 valence electrons. The zero-order valence-electron chi connectivity index (χ0n) is 12.1. The third-order valence-electron chi connectivity index (χ3n) is 5.28. The van der Waals surface area contributed by atoms with Crippen molar-refractivity contribution in [2.75, 3.05) is 5.32 Å². The normalized spacial score (nSPS) is 32.0. The number of rotatable bonds is 0. The minimum atomic E-state index is 0.309. The molecule has 0 spiro atoms. The fourth-order valence-corrected chi connectivity index (χ4v) is 4.17. The Kier molecular flexibility index (Phi) is 2.52. The summed E-state index contributed by atoms with van der Waals surface area (Å²) >= 11 is 0. The molecule has 0 saturated heterocycles. The fraction of sp³-hybridized carbons (Fsp3) is 0.647. The summed E-state index contributed by atoms with van der Waals surface area (Å²) in [5.41, 5.74) is 3.67. The average Bonchev–Trinajstić information content (AvgIpc) is 2.27. The molecule has 1 saturated carbocycles. The van der Waals surface area contributed by atoms with E-state index in [-0.39, 0.29) is 0 Å². The first-order valence-corrected chi connectivity index (χ1v) is 7.26. The molecule has 1 heteroatoms. The van der Waals surface area contributed by atoms with Crippen LogP contribution in [-0.2, 0) is 5.41 Å². The van der Waals surface area contributed by atoms with Crippen molar-refractivity contribution in [1.29, 1.82) is 0 Å². The van der Waals surface area contributed by atoms with Crippen LogP contribution in [0.2, 0.25) is 0 Å². The number of benzene rings is 1. The van der Waals surface area contributed by atoms with Crippen LogP contribution < -0.4 is 5.32 Å². The van der Waals surface area contributed by atoms with Gasteiger partial charge in [-0.1, -0.05) is 45.9 Å². The van der Waals surface area contributed by atoms with Crippen molar-refractivity contribution in [3.8, 4) is 0 Å². The van der Waals surface area contributed by atoms with Crippen molar-refractivity contribution < 1.29 is 0 Å². The van der Waals surface area contributed by atoms with Crippen LogP contribution in [0, 0.1) is 11.3 Å². The van der Waals surface area contributed by atoms with Crippen molar-refractivity contribution in [3.05, 3.63) is 29.8 Å². The largest absolute Gasteiger partial charge is 0.382 e. The number of nitrogens with one attached hydrogen (secondary N) is 1. The molecule has 0 bridgehead atoms.